The number of carbonyl (C=O) groups is 1. The Balaban J connectivity index is 2.05. The number of aromatic nitrogens is 3. The fraction of sp³-hybridized carbons (Fsp3) is 0.571. The van der Waals surface area contributed by atoms with E-state index in [9.17, 15) is 4.79 Å². The first-order valence-electron chi connectivity index (χ1n) is 3.85. The van der Waals surface area contributed by atoms with Crippen LogP contribution < -0.4 is 0 Å². The Labute approximate surface area is 69.4 Å². The highest BCUT2D eigenvalue weighted by Gasteiger charge is 2.19. The molecule has 1 aliphatic rings. The van der Waals surface area contributed by atoms with Gasteiger partial charge in [0.15, 0.2) is 12.1 Å². The van der Waals surface area contributed by atoms with Crippen LogP contribution in [-0.4, -0.2) is 33.8 Å². The van der Waals surface area contributed by atoms with Gasteiger partial charge in [-0.05, 0) is 6.42 Å². The fourth-order valence-electron chi connectivity index (χ4n) is 1.14. The van der Waals surface area contributed by atoms with Crippen molar-refractivity contribution in [1.82, 2.24) is 14.8 Å². The van der Waals surface area contributed by atoms with Crippen molar-refractivity contribution in [2.75, 3.05) is 6.61 Å². The first-order valence-corrected chi connectivity index (χ1v) is 3.85. The molecule has 1 aromatic rings. The standard InChI is InChI=1S/C7H9N3O2/c11-4-7-9-8-5-10(7)3-6-1-2-12-6/h4-6H,1-3H2. The maximum atomic E-state index is 10.4. The van der Waals surface area contributed by atoms with Gasteiger partial charge in [-0.3, -0.25) is 4.79 Å². The monoisotopic (exact) mass is 167 g/mol. The summed E-state index contributed by atoms with van der Waals surface area (Å²) in [4.78, 5) is 10.4. The van der Waals surface area contributed by atoms with Crippen molar-refractivity contribution in [2.45, 2.75) is 19.1 Å². The topological polar surface area (TPSA) is 57.0 Å². The Morgan fingerprint density at radius 2 is 2.67 bits per heavy atom. The van der Waals surface area contributed by atoms with E-state index in [1.165, 1.54) is 0 Å². The predicted molar refractivity (Wildman–Crippen MR) is 39.8 cm³/mol. The Bertz CT molecular complexity index is 280. The average Bonchev–Trinajstić information content (AvgIpc) is 2.43. The predicted octanol–water partition coefficient (Wildman–Crippen LogP) is -0.120. The van der Waals surface area contributed by atoms with Crippen LogP contribution in [-0.2, 0) is 11.3 Å². The minimum atomic E-state index is 0.236. The molecule has 1 saturated heterocycles. The summed E-state index contributed by atoms with van der Waals surface area (Å²) in [6.45, 7) is 1.50. The second-order valence-electron chi connectivity index (χ2n) is 2.74. The van der Waals surface area contributed by atoms with E-state index in [1.807, 2.05) is 0 Å². The highest BCUT2D eigenvalue weighted by Crippen LogP contribution is 2.13. The zero-order chi connectivity index (χ0) is 8.39. The molecule has 0 saturated carbocycles. The lowest BCUT2D eigenvalue weighted by molar-refractivity contribution is -0.0594. The van der Waals surface area contributed by atoms with Gasteiger partial charge >= 0.3 is 0 Å². The second kappa shape index (κ2) is 3.02. The van der Waals surface area contributed by atoms with E-state index in [-0.39, 0.29) is 6.10 Å². The lowest BCUT2D eigenvalue weighted by atomic mass is 10.2. The van der Waals surface area contributed by atoms with E-state index in [0.29, 0.717) is 18.7 Å². The third-order valence-electron chi connectivity index (χ3n) is 1.94. The summed E-state index contributed by atoms with van der Waals surface area (Å²) < 4.78 is 6.92. The van der Waals surface area contributed by atoms with E-state index in [2.05, 4.69) is 10.2 Å². The highest BCUT2D eigenvalue weighted by atomic mass is 16.5. The molecule has 5 heteroatoms. The Morgan fingerprint density at radius 1 is 1.83 bits per heavy atom. The van der Waals surface area contributed by atoms with Gasteiger partial charge in [0, 0.05) is 6.61 Å². The van der Waals surface area contributed by atoms with Crippen molar-refractivity contribution in [2.24, 2.45) is 0 Å². The van der Waals surface area contributed by atoms with Crippen LogP contribution in [0.2, 0.25) is 0 Å². The van der Waals surface area contributed by atoms with Gasteiger partial charge in [-0.25, -0.2) is 0 Å². The summed E-state index contributed by atoms with van der Waals surface area (Å²) >= 11 is 0. The molecule has 1 atom stereocenters. The van der Waals surface area contributed by atoms with Crippen LogP contribution in [0, 0.1) is 0 Å². The summed E-state index contributed by atoms with van der Waals surface area (Å²) in [5.74, 6) is 0.366. The molecule has 0 N–H and O–H groups in total. The molecule has 0 aromatic carbocycles. The summed E-state index contributed by atoms with van der Waals surface area (Å²) in [7, 11) is 0. The number of aldehydes is 1. The molecule has 0 radical (unpaired) electrons. The Morgan fingerprint density at radius 3 is 3.25 bits per heavy atom. The first kappa shape index (κ1) is 7.42. The van der Waals surface area contributed by atoms with Crippen LogP contribution in [0.3, 0.4) is 0 Å². The molecule has 2 rings (SSSR count). The number of nitrogens with zero attached hydrogens (tertiary/aromatic N) is 3. The summed E-state index contributed by atoms with van der Waals surface area (Å²) in [6.07, 6.45) is 3.53. The maximum Gasteiger partial charge on any atom is 0.196 e. The molecule has 5 nitrogen and oxygen atoms in total. The molecule has 64 valence electrons. The number of rotatable bonds is 3. The van der Waals surface area contributed by atoms with Crippen molar-refractivity contribution in [3.05, 3.63) is 12.2 Å². The van der Waals surface area contributed by atoms with E-state index in [0.717, 1.165) is 13.0 Å². The van der Waals surface area contributed by atoms with Gasteiger partial charge in [-0.2, -0.15) is 0 Å². The minimum absolute atomic E-state index is 0.236. The molecule has 2 heterocycles. The molecular weight excluding hydrogens is 158 g/mol. The zero-order valence-electron chi connectivity index (χ0n) is 6.51. The van der Waals surface area contributed by atoms with Crippen molar-refractivity contribution in [3.8, 4) is 0 Å². The molecule has 1 unspecified atom stereocenters. The number of carbonyl (C=O) groups excluding carboxylic acids is 1. The number of hydrogen-bond acceptors (Lipinski definition) is 4. The van der Waals surface area contributed by atoms with Crippen LogP contribution >= 0.6 is 0 Å². The molecule has 0 bridgehead atoms. The number of hydrogen-bond donors (Lipinski definition) is 0. The molecule has 0 spiro atoms. The van der Waals surface area contributed by atoms with E-state index in [1.54, 1.807) is 10.9 Å². The largest absolute Gasteiger partial charge is 0.376 e. The van der Waals surface area contributed by atoms with Gasteiger partial charge in [-0.15, -0.1) is 10.2 Å². The second-order valence-corrected chi connectivity index (χ2v) is 2.74. The van der Waals surface area contributed by atoms with Gasteiger partial charge < -0.3 is 9.30 Å². The normalized spacial score (nSPS) is 21.8. The average molecular weight is 167 g/mol. The quantitative estimate of drug-likeness (QED) is 0.589. The third-order valence-corrected chi connectivity index (χ3v) is 1.94. The van der Waals surface area contributed by atoms with E-state index < -0.39 is 0 Å². The van der Waals surface area contributed by atoms with Crippen molar-refractivity contribution in [3.63, 3.8) is 0 Å². The van der Waals surface area contributed by atoms with Gasteiger partial charge in [-0.1, -0.05) is 0 Å². The SMILES string of the molecule is O=Cc1nncn1CC1CCO1. The first-order chi connectivity index (χ1) is 5.90. The molecule has 12 heavy (non-hydrogen) atoms. The van der Waals surface area contributed by atoms with Crippen LogP contribution in [0.4, 0.5) is 0 Å². The van der Waals surface area contributed by atoms with E-state index >= 15 is 0 Å². The van der Waals surface area contributed by atoms with Crippen molar-refractivity contribution < 1.29 is 9.53 Å². The van der Waals surface area contributed by atoms with Crippen LogP contribution in [0.25, 0.3) is 0 Å². The molecule has 0 aliphatic carbocycles. The van der Waals surface area contributed by atoms with Gasteiger partial charge in [0.1, 0.15) is 6.33 Å². The third kappa shape index (κ3) is 1.23. The van der Waals surface area contributed by atoms with Gasteiger partial charge in [0.05, 0.1) is 12.6 Å². The summed E-state index contributed by atoms with van der Waals surface area (Å²) in [6, 6.07) is 0. The lowest BCUT2D eigenvalue weighted by Crippen LogP contribution is -2.31. The van der Waals surface area contributed by atoms with Gasteiger partial charge in [0.2, 0.25) is 0 Å². The summed E-state index contributed by atoms with van der Waals surface area (Å²) in [5, 5.41) is 7.27. The zero-order valence-corrected chi connectivity index (χ0v) is 6.51. The molecule has 1 aromatic heterocycles. The molecule has 0 amide bonds. The molecule has 1 fully saturated rings. The van der Waals surface area contributed by atoms with E-state index in [4.69, 9.17) is 4.74 Å². The molecular formula is C7H9N3O2. The minimum Gasteiger partial charge on any atom is -0.376 e. The fourth-order valence-corrected chi connectivity index (χ4v) is 1.14. The van der Waals surface area contributed by atoms with Crippen LogP contribution in [0.15, 0.2) is 6.33 Å². The number of ether oxygens (including phenoxy) is 1. The molecule has 1 aliphatic heterocycles. The Hall–Kier alpha value is -1.23. The van der Waals surface area contributed by atoms with Crippen molar-refractivity contribution in [1.29, 1.82) is 0 Å². The Kier molecular flexibility index (Phi) is 1.87. The summed E-state index contributed by atoms with van der Waals surface area (Å²) in [5.41, 5.74) is 0. The lowest BCUT2D eigenvalue weighted by Gasteiger charge is -2.26. The van der Waals surface area contributed by atoms with Crippen LogP contribution in [0.1, 0.15) is 17.0 Å². The maximum absolute atomic E-state index is 10.4. The van der Waals surface area contributed by atoms with Gasteiger partial charge in [0.25, 0.3) is 0 Å². The highest BCUT2D eigenvalue weighted by molar-refractivity contribution is 5.68. The smallest absolute Gasteiger partial charge is 0.196 e. The van der Waals surface area contributed by atoms with Crippen LogP contribution in [0.5, 0.6) is 0 Å². The van der Waals surface area contributed by atoms with Crippen molar-refractivity contribution >= 4 is 6.29 Å².